The average molecular weight is 443 g/mol. The van der Waals surface area contributed by atoms with Gasteiger partial charge in [-0.05, 0) is 42.5 Å². The zero-order valence-electron chi connectivity index (χ0n) is 18.3. The molecule has 1 aliphatic rings. The molecule has 1 saturated heterocycles. The Morgan fingerprint density at radius 3 is 2.52 bits per heavy atom. The third kappa shape index (κ3) is 4.92. The summed E-state index contributed by atoms with van der Waals surface area (Å²) >= 11 is 0. The molecule has 0 radical (unpaired) electrons. The van der Waals surface area contributed by atoms with Crippen LogP contribution in [-0.2, 0) is 11.3 Å². The summed E-state index contributed by atoms with van der Waals surface area (Å²) < 4.78 is 11.1. The lowest BCUT2D eigenvalue weighted by Crippen LogP contribution is -2.46. The van der Waals surface area contributed by atoms with Crippen molar-refractivity contribution in [2.75, 3.05) is 42.6 Å². The number of nitrogens with zero attached hydrogens (tertiary/aromatic N) is 3. The van der Waals surface area contributed by atoms with Crippen molar-refractivity contribution in [3.8, 4) is 5.75 Å². The summed E-state index contributed by atoms with van der Waals surface area (Å²) in [6.45, 7) is 3.93. The van der Waals surface area contributed by atoms with Gasteiger partial charge in [0.15, 0.2) is 6.61 Å². The Hall–Kier alpha value is -4.00. The largest absolute Gasteiger partial charge is 0.481 e. The number of anilines is 2. The van der Waals surface area contributed by atoms with Crippen molar-refractivity contribution in [1.82, 2.24) is 10.3 Å². The SMILES string of the molecule is O=C(COc1cccc2ccc(N3CCN(c4ccccc4)CC3)nc12)NCc1ccco1. The van der Waals surface area contributed by atoms with E-state index in [2.05, 4.69) is 51.5 Å². The van der Waals surface area contributed by atoms with Crippen LogP contribution in [0.15, 0.2) is 83.5 Å². The van der Waals surface area contributed by atoms with Crippen LogP contribution in [0.5, 0.6) is 5.75 Å². The van der Waals surface area contributed by atoms with Gasteiger partial charge in [-0.25, -0.2) is 4.98 Å². The highest BCUT2D eigenvalue weighted by molar-refractivity contribution is 5.86. The van der Waals surface area contributed by atoms with Gasteiger partial charge in [-0.2, -0.15) is 0 Å². The van der Waals surface area contributed by atoms with Gasteiger partial charge >= 0.3 is 0 Å². The summed E-state index contributed by atoms with van der Waals surface area (Å²) in [5.41, 5.74) is 2.02. The van der Waals surface area contributed by atoms with Gasteiger partial charge in [0.25, 0.3) is 5.91 Å². The van der Waals surface area contributed by atoms with Crippen LogP contribution in [0.4, 0.5) is 11.5 Å². The standard InChI is InChI=1S/C26H26N4O3/c31-25(27-18-22-9-5-17-32-22)19-33-23-10-4-6-20-11-12-24(28-26(20)23)30-15-13-29(14-16-30)21-7-2-1-3-8-21/h1-12,17H,13-16,18-19H2,(H,27,31). The van der Waals surface area contributed by atoms with Crippen molar-refractivity contribution >= 4 is 28.3 Å². The van der Waals surface area contributed by atoms with Gasteiger partial charge in [0.2, 0.25) is 0 Å². The number of rotatable bonds is 7. The number of amides is 1. The minimum atomic E-state index is -0.211. The van der Waals surface area contributed by atoms with Gasteiger partial charge in [0, 0.05) is 37.3 Å². The van der Waals surface area contributed by atoms with E-state index in [0.29, 0.717) is 18.1 Å². The number of piperazine rings is 1. The van der Waals surface area contributed by atoms with Crippen molar-refractivity contribution in [2.24, 2.45) is 0 Å². The van der Waals surface area contributed by atoms with Gasteiger partial charge in [-0.3, -0.25) is 4.79 Å². The summed E-state index contributed by atoms with van der Waals surface area (Å²) in [6, 6.07) is 24.0. The third-order valence-electron chi connectivity index (χ3n) is 5.79. The van der Waals surface area contributed by atoms with E-state index in [1.807, 2.05) is 30.3 Å². The van der Waals surface area contributed by atoms with E-state index in [1.165, 1.54) is 5.69 Å². The zero-order chi connectivity index (χ0) is 22.5. The number of aromatic nitrogens is 1. The smallest absolute Gasteiger partial charge is 0.258 e. The Kier molecular flexibility index (Phi) is 6.10. The van der Waals surface area contributed by atoms with Crippen LogP contribution in [0.25, 0.3) is 10.9 Å². The average Bonchev–Trinajstić information content (AvgIpc) is 3.40. The van der Waals surface area contributed by atoms with E-state index in [1.54, 1.807) is 12.3 Å². The predicted octanol–water partition coefficient (Wildman–Crippen LogP) is 3.85. The zero-order valence-corrected chi connectivity index (χ0v) is 18.3. The second-order valence-electron chi connectivity index (χ2n) is 7.95. The number of fused-ring (bicyclic) bond motifs is 1. The molecule has 1 amide bonds. The van der Waals surface area contributed by atoms with Gasteiger partial charge in [-0.1, -0.05) is 30.3 Å². The van der Waals surface area contributed by atoms with Crippen molar-refractivity contribution in [1.29, 1.82) is 0 Å². The second-order valence-corrected chi connectivity index (χ2v) is 7.95. The molecule has 2 aromatic carbocycles. The quantitative estimate of drug-likeness (QED) is 0.469. The number of carbonyl (C=O) groups is 1. The first-order valence-corrected chi connectivity index (χ1v) is 11.1. The molecule has 0 aliphatic carbocycles. The Bertz CT molecular complexity index is 1200. The molecule has 0 spiro atoms. The fourth-order valence-electron chi connectivity index (χ4n) is 4.03. The summed E-state index contributed by atoms with van der Waals surface area (Å²) in [5.74, 6) is 2.02. The minimum absolute atomic E-state index is 0.0819. The summed E-state index contributed by atoms with van der Waals surface area (Å²) in [5, 5.41) is 3.77. The highest BCUT2D eigenvalue weighted by Crippen LogP contribution is 2.27. The maximum absolute atomic E-state index is 12.2. The monoisotopic (exact) mass is 442 g/mol. The van der Waals surface area contributed by atoms with Crippen molar-refractivity contribution < 1.29 is 13.9 Å². The number of hydrogen-bond acceptors (Lipinski definition) is 6. The highest BCUT2D eigenvalue weighted by Gasteiger charge is 2.19. The molecule has 0 saturated carbocycles. The van der Waals surface area contributed by atoms with Crippen LogP contribution in [0, 0.1) is 0 Å². The Balaban J connectivity index is 1.24. The Morgan fingerprint density at radius 2 is 1.73 bits per heavy atom. The molecule has 0 unspecified atom stereocenters. The van der Waals surface area contributed by atoms with Crippen molar-refractivity contribution in [2.45, 2.75) is 6.54 Å². The maximum Gasteiger partial charge on any atom is 0.258 e. The lowest BCUT2D eigenvalue weighted by molar-refractivity contribution is -0.123. The second kappa shape index (κ2) is 9.65. The van der Waals surface area contributed by atoms with Crippen LogP contribution in [0.2, 0.25) is 0 Å². The Morgan fingerprint density at radius 1 is 0.909 bits per heavy atom. The number of hydrogen-bond donors (Lipinski definition) is 1. The van der Waals surface area contributed by atoms with Gasteiger partial charge in [0.05, 0.1) is 12.8 Å². The molecule has 1 N–H and O–H groups in total. The normalized spacial score (nSPS) is 13.8. The van der Waals surface area contributed by atoms with Crippen LogP contribution in [0.1, 0.15) is 5.76 Å². The molecule has 5 rings (SSSR count). The number of carbonyl (C=O) groups excluding carboxylic acids is 1. The molecule has 7 heteroatoms. The number of pyridine rings is 1. The maximum atomic E-state index is 12.2. The molecule has 3 heterocycles. The lowest BCUT2D eigenvalue weighted by atomic mass is 10.2. The molecule has 7 nitrogen and oxygen atoms in total. The molecular formula is C26H26N4O3. The lowest BCUT2D eigenvalue weighted by Gasteiger charge is -2.36. The van der Waals surface area contributed by atoms with Crippen LogP contribution in [0.3, 0.4) is 0 Å². The molecule has 4 aromatic rings. The number of furan rings is 1. The molecule has 1 fully saturated rings. The number of nitrogens with one attached hydrogen (secondary N) is 1. The summed E-state index contributed by atoms with van der Waals surface area (Å²) in [6.07, 6.45) is 1.58. The van der Waals surface area contributed by atoms with E-state index in [9.17, 15) is 4.79 Å². The van der Waals surface area contributed by atoms with Crippen LogP contribution < -0.4 is 19.9 Å². The van der Waals surface area contributed by atoms with Gasteiger partial charge in [0.1, 0.15) is 22.8 Å². The summed E-state index contributed by atoms with van der Waals surface area (Å²) in [7, 11) is 0. The minimum Gasteiger partial charge on any atom is -0.481 e. The molecule has 0 bridgehead atoms. The molecule has 0 atom stereocenters. The van der Waals surface area contributed by atoms with E-state index in [-0.39, 0.29) is 12.5 Å². The van der Waals surface area contributed by atoms with E-state index < -0.39 is 0 Å². The first kappa shape index (κ1) is 20.9. The fourth-order valence-corrected chi connectivity index (χ4v) is 4.03. The highest BCUT2D eigenvalue weighted by atomic mass is 16.5. The third-order valence-corrected chi connectivity index (χ3v) is 5.79. The Labute approximate surface area is 192 Å². The molecule has 2 aromatic heterocycles. The molecular weight excluding hydrogens is 416 g/mol. The topological polar surface area (TPSA) is 70.8 Å². The number of ether oxygens (including phenoxy) is 1. The van der Waals surface area contributed by atoms with E-state index in [4.69, 9.17) is 14.1 Å². The first-order valence-electron chi connectivity index (χ1n) is 11.1. The van der Waals surface area contributed by atoms with Gasteiger partial charge < -0.3 is 24.3 Å². The van der Waals surface area contributed by atoms with Crippen molar-refractivity contribution in [3.05, 3.63) is 84.8 Å². The fraction of sp³-hybridized carbons (Fsp3) is 0.231. The first-order chi connectivity index (χ1) is 16.3. The van der Waals surface area contributed by atoms with Gasteiger partial charge in [-0.15, -0.1) is 0 Å². The van der Waals surface area contributed by atoms with E-state index >= 15 is 0 Å². The molecule has 33 heavy (non-hydrogen) atoms. The van der Waals surface area contributed by atoms with E-state index in [0.717, 1.165) is 42.9 Å². The molecule has 1 aliphatic heterocycles. The summed E-state index contributed by atoms with van der Waals surface area (Å²) in [4.78, 5) is 21.8. The molecule has 168 valence electrons. The van der Waals surface area contributed by atoms with Crippen LogP contribution >= 0.6 is 0 Å². The van der Waals surface area contributed by atoms with Crippen molar-refractivity contribution in [3.63, 3.8) is 0 Å². The van der Waals surface area contributed by atoms with Crippen LogP contribution in [-0.4, -0.2) is 43.7 Å². The number of benzene rings is 2. The number of para-hydroxylation sites is 2. The predicted molar refractivity (Wildman–Crippen MR) is 129 cm³/mol.